The topological polar surface area (TPSA) is 31.4 Å². The van der Waals surface area contributed by atoms with E-state index in [1.165, 1.54) is 11.1 Å². The van der Waals surface area contributed by atoms with Crippen LogP contribution < -0.4 is 7.58 Å². The lowest BCUT2D eigenvalue weighted by molar-refractivity contribution is 0.433. The number of hydrogen-bond donors (Lipinski definition) is 0. The Balaban J connectivity index is 1.48. The highest BCUT2D eigenvalue weighted by Crippen LogP contribution is 2.26. The van der Waals surface area contributed by atoms with Crippen molar-refractivity contribution in [2.75, 3.05) is 0 Å². The molecule has 1 aromatic heterocycles. The van der Waals surface area contributed by atoms with E-state index in [0.717, 1.165) is 28.1 Å². The number of pyridine rings is 1. The van der Waals surface area contributed by atoms with Crippen LogP contribution in [0.1, 0.15) is 5.69 Å². The second kappa shape index (κ2) is 7.84. The highest BCUT2D eigenvalue weighted by molar-refractivity contribution is 6.44. The van der Waals surface area contributed by atoms with E-state index in [0.29, 0.717) is 0 Å². The summed E-state index contributed by atoms with van der Waals surface area (Å²) in [6.07, 6.45) is 0. The quantitative estimate of drug-likeness (QED) is 0.418. The summed E-state index contributed by atoms with van der Waals surface area (Å²) in [5.74, 6) is 3.65. The molecule has 0 saturated heterocycles. The summed E-state index contributed by atoms with van der Waals surface area (Å²) < 4.78 is 12.2. The van der Waals surface area contributed by atoms with Crippen molar-refractivity contribution in [2.45, 2.75) is 12.7 Å². The Morgan fingerprint density at radius 2 is 1.44 bits per heavy atom. The maximum absolute atomic E-state index is 6.16. The van der Waals surface area contributed by atoms with Gasteiger partial charge < -0.3 is 7.58 Å². The molecule has 132 valence electrons. The van der Waals surface area contributed by atoms with E-state index in [2.05, 4.69) is 35.3 Å². The summed E-state index contributed by atoms with van der Waals surface area (Å²) in [6, 6.07) is 28.6. The summed E-state index contributed by atoms with van der Waals surface area (Å²) in [7, 11) is 0. The lowest BCUT2D eigenvalue weighted by atomic mass is 10.1. The van der Waals surface area contributed by atoms with Gasteiger partial charge in [-0.1, -0.05) is 60.7 Å². The van der Waals surface area contributed by atoms with E-state index < -0.39 is 14.8 Å². The molecule has 4 aromatic rings. The van der Waals surface area contributed by atoms with Crippen LogP contribution in [-0.4, -0.2) is 19.8 Å². The summed E-state index contributed by atoms with van der Waals surface area (Å²) >= 11 is -1.91. The molecule has 0 aliphatic heterocycles. The molecule has 3 nitrogen and oxygen atoms in total. The number of aromatic nitrogens is 1. The van der Waals surface area contributed by atoms with Gasteiger partial charge in [0.25, 0.3) is 0 Å². The van der Waals surface area contributed by atoms with Crippen LogP contribution in [-0.2, 0) is 0 Å². The van der Waals surface area contributed by atoms with E-state index in [1.807, 2.05) is 67.3 Å². The van der Waals surface area contributed by atoms with Crippen LogP contribution in [0.25, 0.3) is 22.0 Å². The standard InChI is InChI=1S/C12H10O.C10H9NO.CH3.Al/c13-12-8-6-11(7-9-12)10-4-2-1-3-5-10;1-7-5-6-8-3-2-4-9(12)10(8)11-7;;/h1-9,13H;2-6,12H,1H3;1H3;/q;;;+2/p-2. The summed E-state index contributed by atoms with van der Waals surface area (Å²) in [5, 5.41) is 1.08. The molecule has 3 aromatic carbocycles. The lowest BCUT2D eigenvalue weighted by Crippen LogP contribution is -2.25. The third-order valence-corrected chi connectivity index (χ3v) is 5.57. The zero-order valence-corrected chi connectivity index (χ0v) is 16.6. The average molecular weight is 369 g/mol. The van der Waals surface area contributed by atoms with Crippen molar-refractivity contribution >= 4 is 25.7 Å². The molecule has 0 N–H and O–H groups in total. The van der Waals surface area contributed by atoms with Gasteiger partial charge in [0.05, 0.1) is 5.75 Å². The van der Waals surface area contributed by atoms with Gasteiger partial charge in [-0.3, -0.25) is 0 Å². The summed E-state index contributed by atoms with van der Waals surface area (Å²) in [4.78, 5) is 4.62. The van der Waals surface area contributed by atoms with E-state index >= 15 is 0 Å². The predicted octanol–water partition coefficient (Wildman–Crippen LogP) is 5.79. The third kappa shape index (κ3) is 4.14. The van der Waals surface area contributed by atoms with Crippen LogP contribution in [0.4, 0.5) is 0 Å². The fourth-order valence-electron chi connectivity index (χ4n) is 3.06. The predicted molar refractivity (Wildman–Crippen MR) is 111 cm³/mol. The van der Waals surface area contributed by atoms with Crippen LogP contribution in [0.2, 0.25) is 5.79 Å². The Hall–Kier alpha value is -2.80. The average Bonchev–Trinajstić information content (AvgIpc) is 2.70. The molecule has 0 aliphatic rings. The minimum absolute atomic E-state index is 0.788. The highest BCUT2D eigenvalue weighted by Gasteiger charge is 2.25. The number of rotatable bonds is 5. The second-order valence-corrected chi connectivity index (χ2v) is 8.08. The first-order valence-electron chi connectivity index (χ1n) is 9.04. The zero-order valence-electron chi connectivity index (χ0n) is 15.4. The van der Waals surface area contributed by atoms with Gasteiger partial charge in [-0.05, 0) is 48.1 Å². The van der Waals surface area contributed by atoms with Gasteiger partial charge in [-0.15, -0.1) is 0 Å². The molecule has 4 heteroatoms. The Kier molecular flexibility index (Phi) is 5.11. The highest BCUT2D eigenvalue weighted by atomic mass is 27.2. The number of hydrogen-bond acceptors (Lipinski definition) is 3. The number of benzene rings is 3. The van der Waals surface area contributed by atoms with Crippen molar-refractivity contribution < 1.29 is 7.58 Å². The number of fused-ring (bicyclic) bond motifs is 1. The number of para-hydroxylation sites is 1. The number of aryl methyl sites for hydroxylation is 1. The van der Waals surface area contributed by atoms with Crippen molar-refractivity contribution in [3.05, 3.63) is 90.6 Å². The summed E-state index contributed by atoms with van der Waals surface area (Å²) in [5.41, 5.74) is 4.24. The van der Waals surface area contributed by atoms with Crippen LogP contribution in [0.3, 0.4) is 0 Å². The van der Waals surface area contributed by atoms with Crippen LogP contribution in [0.15, 0.2) is 84.9 Å². The molecule has 0 spiro atoms. The van der Waals surface area contributed by atoms with Gasteiger partial charge in [0.15, 0.2) is 0 Å². The van der Waals surface area contributed by atoms with E-state index in [4.69, 9.17) is 7.58 Å². The van der Waals surface area contributed by atoms with Crippen molar-refractivity contribution in [2.24, 2.45) is 0 Å². The molecule has 0 radical (unpaired) electrons. The Labute approximate surface area is 164 Å². The van der Waals surface area contributed by atoms with Crippen molar-refractivity contribution in [3.8, 4) is 22.6 Å². The Bertz CT molecular complexity index is 1050. The van der Waals surface area contributed by atoms with Gasteiger partial charge in [0.2, 0.25) is 0 Å². The molecule has 0 saturated carbocycles. The minimum atomic E-state index is -1.91. The fourth-order valence-corrected chi connectivity index (χ4v) is 4.20. The molecule has 1 heterocycles. The second-order valence-electron chi connectivity index (χ2n) is 6.47. The third-order valence-electron chi connectivity index (χ3n) is 4.38. The van der Waals surface area contributed by atoms with E-state index in [1.54, 1.807) is 0 Å². The first-order valence-corrected chi connectivity index (χ1v) is 11.1. The zero-order chi connectivity index (χ0) is 18.6. The molecule has 27 heavy (non-hydrogen) atoms. The Morgan fingerprint density at radius 1 is 0.704 bits per heavy atom. The first kappa shape index (κ1) is 17.6. The fraction of sp³-hybridized carbons (Fsp3) is 0.0870. The number of nitrogens with zero attached hydrogens (tertiary/aromatic N) is 1. The molecular formula is C23H20AlNO2. The molecule has 0 atom stereocenters. The molecule has 0 aliphatic carbocycles. The first-order chi connectivity index (χ1) is 13.2. The van der Waals surface area contributed by atoms with Gasteiger partial charge in [0, 0.05) is 11.1 Å². The molecule has 0 fully saturated rings. The van der Waals surface area contributed by atoms with E-state index in [9.17, 15) is 0 Å². The maximum atomic E-state index is 6.16. The molecule has 0 amide bonds. The minimum Gasteiger partial charge on any atom is -0.612 e. The molecule has 4 rings (SSSR count). The normalized spacial score (nSPS) is 10.6. The summed E-state index contributed by atoms with van der Waals surface area (Å²) in [6.45, 7) is 1.99. The molecular weight excluding hydrogens is 349 g/mol. The van der Waals surface area contributed by atoms with Gasteiger partial charge >= 0.3 is 14.8 Å². The monoisotopic (exact) mass is 369 g/mol. The van der Waals surface area contributed by atoms with Gasteiger partial charge in [-0.2, -0.15) is 0 Å². The Morgan fingerprint density at radius 3 is 2.22 bits per heavy atom. The van der Waals surface area contributed by atoms with E-state index in [-0.39, 0.29) is 0 Å². The van der Waals surface area contributed by atoms with Crippen LogP contribution >= 0.6 is 0 Å². The van der Waals surface area contributed by atoms with Gasteiger partial charge in [-0.25, -0.2) is 4.98 Å². The SMILES string of the molecule is Cc1ccc2cccc([O][Al]([CH3])[O]c3ccc(-c4ccccc4)cc3)c2n1. The lowest BCUT2D eigenvalue weighted by Gasteiger charge is -2.15. The van der Waals surface area contributed by atoms with Crippen molar-refractivity contribution in [1.82, 2.24) is 4.98 Å². The molecule has 0 bridgehead atoms. The maximum Gasteiger partial charge on any atom is 0.853 e. The van der Waals surface area contributed by atoms with Crippen molar-refractivity contribution in [1.29, 1.82) is 0 Å². The largest absolute Gasteiger partial charge is 0.853 e. The van der Waals surface area contributed by atoms with Gasteiger partial charge in [0.1, 0.15) is 11.3 Å². The van der Waals surface area contributed by atoms with Crippen LogP contribution in [0.5, 0.6) is 11.5 Å². The van der Waals surface area contributed by atoms with Crippen molar-refractivity contribution in [3.63, 3.8) is 0 Å². The van der Waals surface area contributed by atoms with Crippen LogP contribution in [0, 0.1) is 6.92 Å². The molecule has 0 unspecified atom stereocenters. The smallest absolute Gasteiger partial charge is 0.612 e.